The van der Waals surface area contributed by atoms with Crippen LogP contribution < -0.4 is 5.32 Å². The minimum absolute atomic E-state index is 0.223. The number of hydrogen-bond acceptors (Lipinski definition) is 3. The molecule has 1 saturated heterocycles. The van der Waals surface area contributed by atoms with Crippen molar-refractivity contribution in [1.29, 1.82) is 0 Å². The molecule has 0 radical (unpaired) electrons. The van der Waals surface area contributed by atoms with Crippen molar-refractivity contribution in [2.45, 2.75) is 56.0 Å². The van der Waals surface area contributed by atoms with Crippen LogP contribution in [-0.4, -0.2) is 41.0 Å². The number of piperidine rings is 1. The monoisotopic (exact) mass is 486 g/mol. The van der Waals surface area contributed by atoms with Crippen LogP contribution in [-0.2, 0) is 19.4 Å². The number of alkyl halides is 1. The summed E-state index contributed by atoms with van der Waals surface area (Å²) in [7, 11) is 0. The number of fused-ring (bicyclic) bond motifs is 1. The van der Waals surface area contributed by atoms with Gasteiger partial charge in [0.2, 0.25) is 0 Å². The molecule has 0 aromatic heterocycles. The first-order valence-electron chi connectivity index (χ1n) is 11.2. The molecule has 30 heavy (non-hydrogen) atoms. The number of carbonyl (C=O) groups excluding carboxylic acids is 1. The number of nitrogens with zero attached hydrogens (tertiary/aromatic N) is 1. The maximum absolute atomic E-state index is 12.9. The molecular weight excluding hydrogens is 456 g/mol. The van der Waals surface area contributed by atoms with Gasteiger partial charge < -0.3 is 10.2 Å². The molecule has 0 bridgehead atoms. The van der Waals surface area contributed by atoms with Crippen LogP contribution in [0.15, 0.2) is 47.4 Å². The number of rotatable bonds is 9. The van der Waals surface area contributed by atoms with Crippen LogP contribution in [0.5, 0.6) is 0 Å². The zero-order chi connectivity index (χ0) is 20.8. The second kappa shape index (κ2) is 10.8. The Morgan fingerprint density at radius 2 is 1.83 bits per heavy atom. The highest BCUT2D eigenvalue weighted by atomic mass is 79.9. The van der Waals surface area contributed by atoms with Crippen LogP contribution >= 0.6 is 27.7 Å². The fourth-order valence-corrected chi connectivity index (χ4v) is 5.77. The van der Waals surface area contributed by atoms with E-state index in [-0.39, 0.29) is 5.91 Å². The van der Waals surface area contributed by atoms with Crippen molar-refractivity contribution in [3.8, 4) is 0 Å². The third kappa shape index (κ3) is 5.30. The summed E-state index contributed by atoms with van der Waals surface area (Å²) < 4.78 is 0. The summed E-state index contributed by atoms with van der Waals surface area (Å²) in [6.07, 6.45) is 6.87. The highest BCUT2D eigenvalue weighted by molar-refractivity contribution is 9.09. The lowest BCUT2D eigenvalue weighted by atomic mass is 10.1. The molecule has 0 saturated carbocycles. The highest BCUT2D eigenvalue weighted by Crippen LogP contribution is 2.34. The summed E-state index contributed by atoms with van der Waals surface area (Å²) in [6.45, 7) is 2.78. The van der Waals surface area contributed by atoms with Crippen LogP contribution in [0.4, 0.5) is 0 Å². The molecule has 2 aromatic rings. The van der Waals surface area contributed by atoms with Gasteiger partial charge in [-0.25, -0.2) is 0 Å². The third-order valence-electron chi connectivity index (χ3n) is 6.15. The van der Waals surface area contributed by atoms with E-state index in [0.717, 1.165) is 68.4 Å². The van der Waals surface area contributed by atoms with Crippen molar-refractivity contribution >= 4 is 33.6 Å². The Bertz CT molecular complexity index is 849. The second-order valence-corrected chi connectivity index (χ2v) is 10.2. The Labute approximate surface area is 193 Å². The van der Waals surface area contributed by atoms with E-state index >= 15 is 0 Å². The van der Waals surface area contributed by atoms with Crippen molar-refractivity contribution in [2.75, 3.05) is 24.2 Å². The fraction of sp³-hybridized carbons (Fsp3) is 0.480. The smallest absolute Gasteiger partial charge is 0.254 e. The number of thioether (sulfide) groups is 1. The van der Waals surface area contributed by atoms with Gasteiger partial charge in [0.15, 0.2) is 0 Å². The van der Waals surface area contributed by atoms with Gasteiger partial charge in [-0.1, -0.05) is 46.3 Å². The average Bonchev–Trinajstić information content (AvgIpc) is 3.14. The summed E-state index contributed by atoms with van der Waals surface area (Å²) in [5, 5.41) is 4.51. The van der Waals surface area contributed by atoms with E-state index < -0.39 is 0 Å². The quantitative estimate of drug-likeness (QED) is 0.290. The van der Waals surface area contributed by atoms with E-state index in [1.807, 2.05) is 23.9 Å². The first-order valence-corrected chi connectivity index (χ1v) is 13.3. The minimum atomic E-state index is 0.223. The predicted molar refractivity (Wildman–Crippen MR) is 130 cm³/mol. The minimum Gasteiger partial charge on any atom is -0.330 e. The van der Waals surface area contributed by atoms with Crippen molar-refractivity contribution in [2.24, 2.45) is 0 Å². The molecule has 2 aliphatic rings. The number of amides is 1. The Balaban J connectivity index is 1.30. The van der Waals surface area contributed by atoms with E-state index in [9.17, 15) is 4.79 Å². The standard InChI is InChI=1S/C25H31BrN2OS/c26-14-2-5-19-10-12-20(13-11-19)6-4-16-30-24-9-1-8-22-23(24)18-28(25(22)29)21-7-3-15-27-17-21/h1,8-13,21,27H,2-7,14-18H2. The van der Waals surface area contributed by atoms with Crippen LogP contribution in [0, 0.1) is 0 Å². The second-order valence-electron chi connectivity index (χ2n) is 8.28. The molecule has 1 fully saturated rings. The van der Waals surface area contributed by atoms with Gasteiger partial charge in [-0.3, -0.25) is 4.79 Å². The number of hydrogen-bond donors (Lipinski definition) is 1. The van der Waals surface area contributed by atoms with E-state index in [1.165, 1.54) is 28.0 Å². The molecule has 1 N–H and O–H groups in total. The maximum atomic E-state index is 12.9. The zero-order valence-electron chi connectivity index (χ0n) is 17.5. The highest BCUT2D eigenvalue weighted by Gasteiger charge is 2.34. The summed E-state index contributed by atoms with van der Waals surface area (Å²) in [5.41, 5.74) is 5.01. The van der Waals surface area contributed by atoms with Crippen LogP contribution in [0.2, 0.25) is 0 Å². The van der Waals surface area contributed by atoms with Gasteiger partial charge in [0.25, 0.3) is 5.91 Å². The van der Waals surface area contributed by atoms with E-state index in [1.54, 1.807) is 0 Å². The topological polar surface area (TPSA) is 32.3 Å². The van der Waals surface area contributed by atoms with Crippen LogP contribution in [0.25, 0.3) is 0 Å². The Morgan fingerprint density at radius 1 is 1.07 bits per heavy atom. The number of aryl methyl sites for hydroxylation is 2. The van der Waals surface area contributed by atoms with Crippen LogP contribution in [0.3, 0.4) is 0 Å². The maximum Gasteiger partial charge on any atom is 0.254 e. The summed E-state index contributed by atoms with van der Waals surface area (Å²) in [6, 6.07) is 15.7. The first kappa shape index (κ1) is 21.9. The van der Waals surface area contributed by atoms with Crippen molar-refractivity contribution in [3.05, 3.63) is 64.7 Å². The van der Waals surface area contributed by atoms with Crippen LogP contribution in [0.1, 0.15) is 52.7 Å². The number of halogens is 1. The molecule has 1 atom stereocenters. The Kier molecular flexibility index (Phi) is 7.91. The predicted octanol–water partition coefficient (Wildman–Crippen LogP) is 5.45. The number of benzene rings is 2. The molecule has 1 unspecified atom stereocenters. The molecule has 4 rings (SSSR count). The zero-order valence-corrected chi connectivity index (χ0v) is 19.9. The SMILES string of the molecule is O=C1c2cccc(SCCCc3ccc(CCCBr)cc3)c2CN1C1CCCNC1. The summed E-state index contributed by atoms with van der Waals surface area (Å²) >= 11 is 5.41. The van der Waals surface area contributed by atoms with Gasteiger partial charge in [0.05, 0.1) is 0 Å². The van der Waals surface area contributed by atoms with Gasteiger partial charge in [-0.15, -0.1) is 11.8 Å². The van der Waals surface area contributed by atoms with Crippen molar-refractivity contribution in [1.82, 2.24) is 10.2 Å². The van der Waals surface area contributed by atoms with E-state index in [4.69, 9.17) is 0 Å². The lowest BCUT2D eigenvalue weighted by Crippen LogP contribution is -2.46. The largest absolute Gasteiger partial charge is 0.330 e. The molecule has 2 heterocycles. The fourth-order valence-electron chi connectivity index (χ4n) is 4.46. The van der Waals surface area contributed by atoms with Gasteiger partial charge in [-0.2, -0.15) is 0 Å². The molecule has 5 heteroatoms. The lowest BCUT2D eigenvalue weighted by molar-refractivity contribution is 0.0674. The molecule has 160 valence electrons. The lowest BCUT2D eigenvalue weighted by Gasteiger charge is -2.31. The molecule has 0 aliphatic carbocycles. The van der Waals surface area contributed by atoms with Gasteiger partial charge >= 0.3 is 0 Å². The molecule has 0 spiro atoms. The molecule has 1 amide bonds. The van der Waals surface area contributed by atoms with Gasteiger partial charge in [0, 0.05) is 34.9 Å². The Hall–Kier alpha value is -1.30. The normalized spacial score (nSPS) is 18.6. The third-order valence-corrected chi connectivity index (χ3v) is 7.90. The summed E-state index contributed by atoms with van der Waals surface area (Å²) in [5.74, 6) is 1.31. The number of carbonyl (C=O) groups is 1. The van der Waals surface area contributed by atoms with E-state index in [2.05, 4.69) is 56.5 Å². The molecular formula is C25H31BrN2OS. The number of nitrogens with one attached hydrogen (secondary N) is 1. The van der Waals surface area contributed by atoms with Crippen molar-refractivity contribution < 1.29 is 4.79 Å². The van der Waals surface area contributed by atoms with Gasteiger partial charge in [-0.05, 0) is 79.6 Å². The van der Waals surface area contributed by atoms with Crippen molar-refractivity contribution in [3.63, 3.8) is 0 Å². The average molecular weight is 488 g/mol. The van der Waals surface area contributed by atoms with Gasteiger partial charge in [0.1, 0.15) is 0 Å². The molecule has 3 nitrogen and oxygen atoms in total. The Morgan fingerprint density at radius 3 is 2.53 bits per heavy atom. The molecule has 2 aliphatic heterocycles. The van der Waals surface area contributed by atoms with E-state index in [0.29, 0.717) is 6.04 Å². The molecule has 2 aromatic carbocycles. The first-order chi connectivity index (χ1) is 14.8. The summed E-state index contributed by atoms with van der Waals surface area (Å²) in [4.78, 5) is 16.3.